The summed E-state index contributed by atoms with van der Waals surface area (Å²) in [6, 6.07) is 1.71. The standard InChI is InChI=1S/C5H3N5/c1-2-6-4-5(7-3-1)9-10-8-4/h1-3H. The van der Waals surface area contributed by atoms with Crippen LogP contribution in [0.2, 0.25) is 0 Å². The van der Waals surface area contributed by atoms with E-state index in [1.165, 1.54) is 0 Å². The average Bonchev–Trinajstić information content (AvgIpc) is 2.28. The van der Waals surface area contributed by atoms with Crippen molar-refractivity contribution in [1.82, 2.24) is 25.4 Å². The molecule has 0 N–H and O–H groups in total. The van der Waals surface area contributed by atoms with Gasteiger partial charge in [-0.05, 0) is 11.3 Å². The van der Waals surface area contributed by atoms with Crippen LogP contribution in [0.25, 0.3) is 11.6 Å². The SMILES string of the molecule is c1cnc2nnnc-2nc1. The number of nitrogens with zero attached hydrogens (tertiary/aromatic N) is 5. The number of hydrogen-bond acceptors (Lipinski definition) is 5. The van der Waals surface area contributed by atoms with Gasteiger partial charge >= 0.3 is 0 Å². The lowest BCUT2D eigenvalue weighted by atomic mass is 10.6. The molecule has 0 saturated heterocycles. The molecule has 0 fully saturated rings. The molecule has 5 nitrogen and oxygen atoms in total. The van der Waals surface area contributed by atoms with E-state index >= 15 is 0 Å². The Balaban J connectivity index is 2.74. The first-order valence-electron chi connectivity index (χ1n) is 2.73. The van der Waals surface area contributed by atoms with Crippen LogP contribution < -0.4 is 0 Å². The lowest BCUT2D eigenvalue weighted by Crippen LogP contribution is -1.78. The maximum atomic E-state index is 3.91. The minimum Gasteiger partial charge on any atom is -0.232 e. The zero-order chi connectivity index (χ0) is 6.81. The fourth-order valence-corrected chi connectivity index (χ4v) is 0.629. The number of fused-ring (bicyclic) bond motifs is 1. The predicted molar refractivity (Wildman–Crippen MR) is 32.0 cm³/mol. The quantitative estimate of drug-likeness (QED) is 0.496. The number of aromatic nitrogens is 5. The molecule has 0 spiro atoms. The lowest BCUT2D eigenvalue weighted by molar-refractivity contribution is 0.940. The zero-order valence-corrected chi connectivity index (χ0v) is 4.97. The Morgan fingerprint density at radius 3 is 2.10 bits per heavy atom. The van der Waals surface area contributed by atoms with Crippen LogP contribution in [0.4, 0.5) is 0 Å². The predicted octanol–water partition coefficient (Wildman–Crippen LogP) is -0.234. The van der Waals surface area contributed by atoms with Crippen LogP contribution in [0.1, 0.15) is 0 Å². The van der Waals surface area contributed by atoms with E-state index in [-0.39, 0.29) is 0 Å². The summed E-state index contributed by atoms with van der Waals surface area (Å²) in [5.74, 6) is 0.954. The van der Waals surface area contributed by atoms with Gasteiger partial charge in [0.15, 0.2) is 0 Å². The molecule has 0 aliphatic carbocycles. The van der Waals surface area contributed by atoms with Crippen LogP contribution in [0.15, 0.2) is 18.5 Å². The van der Waals surface area contributed by atoms with Crippen molar-refractivity contribution >= 4 is 0 Å². The lowest BCUT2D eigenvalue weighted by Gasteiger charge is -1.76. The van der Waals surface area contributed by atoms with E-state index in [0.717, 1.165) is 0 Å². The molecule has 0 aromatic rings. The Kier molecular flexibility index (Phi) is 1.00. The van der Waals surface area contributed by atoms with Crippen molar-refractivity contribution in [3.05, 3.63) is 18.5 Å². The highest BCUT2D eigenvalue weighted by molar-refractivity contribution is 5.39. The molecule has 0 aromatic heterocycles. The van der Waals surface area contributed by atoms with Gasteiger partial charge in [0.05, 0.1) is 0 Å². The van der Waals surface area contributed by atoms with E-state index < -0.39 is 0 Å². The molecule has 0 amide bonds. The van der Waals surface area contributed by atoms with Gasteiger partial charge in [0.1, 0.15) is 0 Å². The molecule has 2 aliphatic heterocycles. The molecule has 0 atom stereocenters. The van der Waals surface area contributed by atoms with Crippen LogP contribution in [0.5, 0.6) is 0 Å². The molecule has 48 valence electrons. The Morgan fingerprint density at radius 2 is 1.50 bits per heavy atom. The van der Waals surface area contributed by atoms with E-state index in [1.807, 2.05) is 0 Å². The molecule has 0 saturated carbocycles. The minimum atomic E-state index is 0.477. The van der Waals surface area contributed by atoms with Gasteiger partial charge < -0.3 is 0 Å². The average molecular weight is 133 g/mol. The third-order valence-corrected chi connectivity index (χ3v) is 1.04. The molecule has 0 bridgehead atoms. The maximum absolute atomic E-state index is 3.91. The van der Waals surface area contributed by atoms with E-state index in [4.69, 9.17) is 0 Å². The summed E-state index contributed by atoms with van der Waals surface area (Å²) in [5, 5.41) is 10.7. The molecule has 5 heteroatoms. The third-order valence-electron chi connectivity index (χ3n) is 1.04. The molecule has 2 aliphatic rings. The second-order valence-electron chi connectivity index (χ2n) is 1.69. The van der Waals surface area contributed by atoms with E-state index in [0.29, 0.717) is 11.6 Å². The van der Waals surface area contributed by atoms with Crippen molar-refractivity contribution in [3.8, 4) is 11.6 Å². The summed E-state index contributed by atoms with van der Waals surface area (Å²) in [6.07, 6.45) is 3.21. The largest absolute Gasteiger partial charge is 0.232 e. The fourth-order valence-electron chi connectivity index (χ4n) is 0.629. The third kappa shape index (κ3) is 0.680. The van der Waals surface area contributed by atoms with Crippen molar-refractivity contribution in [2.75, 3.05) is 0 Å². The molecular weight excluding hydrogens is 130 g/mol. The molecule has 0 radical (unpaired) electrons. The minimum absolute atomic E-state index is 0.477. The molecule has 0 unspecified atom stereocenters. The summed E-state index contributed by atoms with van der Waals surface area (Å²) in [5.41, 5.74) is 0. The van der Waals surface area contributed by atoms with Crippen LogP contribution >= 0.6 is 0 Å². The second-order valence-corrected chi connectivity index (χ2v) is 1.69. The van der Waals surface area contributed by atoms with E-state index in [2.05, 4.69) is 25.4 Å². The van der Waals surface area contributed by atoms with Crippen molar-refractivity contribution in [1.29, 1.82) is 0 Å². The maximum Gasteiger partial charge on any atom is 0.223 e. The van der Waals surface area contributed by atoms with E-state index in [9.17, 15) is 0 Å². The summed E-state index contributed by atoms with van der Waals surface area (Å²) in [7, 11) is 0. The highest BCUT2D eigenvalue weighted by atomic mass is 15.4. The van der Waals surface area contributed by atoms with Gasteiger partial charge in [-0.2, -0.15) is 0 Å². The zero-order valence-electron chi connectivity index (χ0n) is 4.97. The summed E-state index contributed by atoms with van der Waals surface area (Å²) in [4.78, 5) is 7.81. The normalized spacial score (nSPS) is 10.0. The molecule has 2 heterocycles. The summed E-state index contributed by atoms with van der Waals surface area (Å²) in [6.45, 7) is 0. The van der Waals surface area contributed by atoms with Gasteiger partial charge in [-0.1, -0.05) is 0 Å². The Morgan fingerprint density at radius 1 is 0.900 bits per heavy atom. The van der Waals surface area contributed by atoms with Gasteiger partial charge in [0, 0.05) is 12.4 Å². The van der Waals surface area contributed by atoms with Gasteiger partial charge in [-0.25, -0.2) is 9.97 Å². The van der Waals surface area contributed by atoms with Crippen LogP contribution in [-0.4, -0.2) is 25.4 Å². The van der Waals surface area contributed by atoms with Crippen LogP contribution in [-0.2, 0) is 0 Å². The first-order chi connectivity index (χ1) is 4.97. The Bertz CT molecular complexity index is 281. The van der Waals surface area contributed by atoms with Crippen LogP contribution in [0, 0.1) is 0 Å². The number of rotatable bonds is 0. The van der Waals surface area contributed by atoms with Gasteiger partial charge in [-0.3, -0.25) is 0 Å². The molecular formula is C5H3N5. The van der Waals surface area contributed by atoms with Gasteiger partial charge in [0.2, 0.25) is 11.6 Å². The van der Waals surface area contributed by atoms with Gasteiger partial charge in [-0.15, -0.1) is 10.2 Å². The molecule has 0 aromatic carbocycles. The monoisotopic (exact) mass is 133 g/mol. The van der Waals surface area contributed by atoms with Crippen molar-refractivity contribution in [2.45, 2.75) is 0 Å². The Labute approximate surface area is 56.5 Å². The topological polar surface area (TPSA) is 64.5 Å². The van der Waals surface area contributed by atoms with E-state index in [1.54, 1.807) is 18.5 Å². The first kappa shape index (κ1) is 5.16. The van der Waals surface area contributed by atoms with Gasteiger partial charge in [0.25, 0.3) is 0 Å². The molecule has 2 rings (SSSR count). The first-order valence-corrected chi connectivity index (χ1v) is 2.73. The van der Waals surface area contributed by atoms with Crippen LogP contribution in [0.3, 0.4) is 0 Å². The second kappa shape index (κ2) is 1.94. The smallest absolute Gasteiger partial charge is 0.223 e. The highest BCUT2D eigenvalue weighted by Gasteiger charge is 2.04. The number of hydrogen-bond donors (Lipinski definition) is 0. The summed E-state index contributed by atoms with van der Waals surface area (Å²) >= 11 is 0. The Hall–Kier alpha value is -1.65. The summed E-state index contributed by atoms with van der Waals surface area (Å²) < 4.78 is 0. The van der Waals surface area contributed by atoms with Crippen molar-refractivity contribution in [2.24, 2.45) is 0 Å². The highest BCUT2D eigenvalue weighted by Crippen LogP contribution is 2.03. The van der Waals surface area contributed by atoms with Crippen molar-refractivity contribution in [3.63, 3.8) is 0 Å². The fraction of sp³-hybridized carbons (Fsp3) is 0. The molecule has 10 heavy (non-hydrogen) atoms. The van der Waals surface area contributed by atoms with Crippen molar-refractivity contribution < 1.29 is 0 Å².